The van der Waals surface area contributed by atoms with E-state index in [1.807, 2.05) is 11.3 Å². The van der Waals surface area contributed by atoms with Crippen LogP contribution in [-0.2, 0) is 6.54 Å². The van der Waals surface area contributed by atoms with E-state index in [0.29, 0.717) is 0 Å². The average Bonchev–Trinajstić information content (AvgIpc) is 3.04. The number of fused-ring (bicyclic) bond motifs is 7. The Kier molecular flexibility index (Phi) is 1.67. The molecular formula is C16H11N2S+. The van der Waals surface area contributed by atoms with Crippen molar-refractivity contribution in [2.24, 2.45) is 0 Å². The van der Waals surface area contributed by atoms with Gasteiger partial charge in [0.05, 0.1) is 10.3 Å². The molecule has 0 amide bonds. The van der Waals surface area contributed by atoms with Crippen LogP contribution in [-0.4, -0.2) is 4.40 Å². The van der Waals surface area contributed by atoms with Crippen LogP contribution < -0.4 is 4.57 Å². The zero-order chi connectivity index (χ0) is 12.4. The minimum atomic E-state index is 0.994. The van der Waals surface area contributed by atoms with Gasteiger partial charge in [-0.3, -0.25) is 0 Å². The van der Waals surface area contributed by atoms with Crippen LogP contribution in [0.15, 0.2) is 54.7 Å². The molecule has 3 heterocycles. The summed E-state index contributed by atoms with van der Waals surface area (Å²) in [5.41, 5.74) is 4.10. The molecule has 0 fully saturated rings. The van der Waals surface area contributed by atoms with E-state index in [-0.39, 0.29) is 0 Å². The molecule has 0 saturated heterocycles. The minimum absolute atomic E-state index is 0.994. The molecule has 2 aromatic carbocycles. The fourth-order valence-corrected chi connectivity index (χ4v) is 4.18. The second-order valence-electron chi connectivity index (χ2n) is 4.98. The Labute approximate surface area is 114 Å². The Balaban J connectivity index is 2.00. The van der Waals surface area contributed by atoms with Crippen LogP contribution in [0.1, 0.15) is 5.56 Å². The number of hydrogen-bond acceptors (Lipinski definition) is 1. The van der Waals surface area contributed by atoms with Gasteiger partial charge in [-0.1, -0.05) is 41.7 Å². The van der Waals surface area contributed by atoms with Gasteiger partial charge in [-0.05, 0) is 18.2 Å². The van der Waals surface area contributed by atoms with Gasteiger partial charge in [0.15, 0.2) is 5.52 Å². The smallest absolute Gasteiger partial charge is 0.224 e. The highest BCUT2D eigenvalue weighted by molar-refractivity contribution is 7.23. The Morgan fingerprint density at radius 2 is 1.84 bits per heavy atom. The normalized spacial score (nSPS) is 13.1. The summed E-state index contributed by atoms with van der Waals surface area (Å²) in [7, 11) is 0. The lowest BCUT2D eigenvalue weighted by Crippen LogP contribution is -2.29. The monoisotopic (exact) mass is 263 g/mol. The van der Waals surface area contributed by atoms with E-state index in [1.54, 1.807) is 0 Å². The van der Waals surface area contributed by atoms with Gasteiger partial charge in [-0.25, -0.2) is 4.57 Å². The van der Waals surface area contributed by atoms with Crippen molar-refractivity contribution in [1.29, 1.82) is 0 Å². The topological polar surface area (TPSA) is 8.29 Å². The number of aromatic nitrogens is 2. The highest BCUT2D eigenvalue weighted by atomic mass is 32.1. The molecule has 90 valence electrons. The summed E-state index contributed by atoms with van der Waals surface area (Å²) in [5.74, 6) is 1.32. The van der Waals surface area contributed by atoms with Gasteiger partial charge < -0.3 is 0 Å². The summed E-state index contributed by atoms with van der Waals surface area (Å²) < 4.78 is 6.11. The summed E-state index contributed by atoms with van der Waals surface area (Å²) in [6, 6.07) is 17.3. The maximum atomic E-state index is 2.39. The molecule has 0 bridgehead atoms. The Morgan fingerprint density at radius 1 is 1.00 bits per heavy atom. The van der Waals surface area contributed by atoms with Gasteiger partial charge >= 0.3 is 0 Å². The molecule has 5 rings (SSSR count). The average molecular weight is 263 g/mol. The van der Waals surface area contributed by atoms with Crippen molar-refractivity contribution in [3.8, 4) is 11.4 Å². The number of hydrogen-bond donors (Lipinski definition) is 0. The van der Waals surface area contributed by atoms with Crippen molar-refractivity contribution in [3.05, 3.63) is 60.3 Å². The second kappa shape index (κ2) is 3.25. The van der Waals surface area contributed by atoms with E-state index < -0.39 is 0 Å². The van der Waals surface area contributed by atoms with Crippen molar-refractivity contribution >= 4 is 26.4 Å². The third kappa shape index (κ3) is 1.13. The minimum Gasteiger partial charge on any atom is -0.224 e. The first kappa shape index (κ1) is 9.75. The van der Waals surface area contributed by atoms with E-state index in [9.17, 15) is 0 Å². The molecule has 0 radical (unpaired) electrons. The first-order valence-electron chi connectivity index (χ1n) is 6.42. The molecule has 2 aromatic heterocycles. The maximum absolute atomic E-state index is 2.39. The Bertz CT molecular complexity index is 946. The van der Waals surface area contributed by atoms with Crippen LogP contribution in [0.3, 0.4) is 0 Å². The van der Waals surface area contributed by atoms with E-state index in [0.717, 1.165) is 6.54 Å². The number of para-hydroxylation sites is 1. The SMILES string of the molecule is c1ccc2c(c1)C[n+]1cc3sc4ccccc4n3c1-2. The predicted octanol–water partition coefficient (Wildman–Crippen LogP) is 3.47. The largest absolute Gasteiger partial charge is 0.296 e. The number of rotatable bonds is 0. The summed E-state index contributed by atoms with van der Waals surface area (Å²) in [6.07, 6.45) is 2.28. The van der Waals surface area contributed by atoms with Crippen LogP contribution in [0.5, 0.6) is 0 Å². The van der Waals surface area contributed by atoms with Crippen LogP contribution in [0.2, 0.25) is 0 Å². The van der Waals surface area contributed by atoms with Crippen molar-refractivity contribution in [2.45, 2.75) is 6.54 Å². The fraction of sp³-hybridized carbons (Fsp3) is 0.0625. The van der Waals surface area contributed by atoms with Crippen LogP contribution in [0, 0.1) is 0 Å². The zero-order valence-electron chi connectivity index (χ0n) is 10.2. The number of benzene rings is 2. The van der Waals surface area contributed by atoms with Gasteiger partial charge in [0.1, 0.15) is 12.7 Å². The van der Waals surface area contributed by atoms with Crippen LogP contribution in [0.4, 0.5) is 0 Å². The summed E-state index contributed by atoms with van der Waals surface area (Å²) in [6.45, 7) is 0.994. The summed E-state index contributed by atoms with van der Waals surface area (Å²) in [4.78, 5) is 1.32. The molecular weight excluding hydrogens is 252 g/mol. The van der Waals surface area contributed by atoms with Crippen LogP contribution >= 0.6 is 11.3 Å². The van der Waals surface area contributed by atoms with Crippen molar-refractivity contribution in [1.82, 2.24) is 4.40 Å². The molecule has 0 N–H and O–H groups in total. The van der Waals surface area contributed by atoms with E-state index in [4.69, 9.17) is 0 Å². The lowest BCUT2D eigenvalue weighted by atomic mass is 10.1. The summed E-state index contributed by atoms with van der Waals surface area (Å²) >= 11 is 1.86. The van der Waals surface area contributed by atoms with Crippen molar-refractivity contribution in [3.63, 3.8) is 0 Å². The van der Waals surface area contributed by atoms with Crippen molar-refractivity contribution < 1.29 is 4.57 Å². The lowest BCUT2D eigenvalue weighted by molar-refractivity contribution is -0.670. The van der Waals surface area contributed by atoms with Gasteiger partial charge in [-0.2, -0.15) is 4.40 Å². The molecule has 0 atom stereocenters. The number of thiazole rings is 1. The first-order valence-corrected chi connectivity index (χ1v) is 7.24. The van der Waals surface area contributed by atoms with E-state index in [1.165, 1.54) is 32.0 Å². The van der Waals surface area contributed by atoms with E-state index >= 15 is 0 Å². The van der Waals surface area contributed by atoms with Gasteiger partial charge in [0.25, 0.3) is 5.82 Å². The molecule has 4 aromatic rings. The Hall–Kier alpha value is -2.13. The Morgan fingerprint density at radius 3 is 2.84 bits per heavy atom. The molecule has 0 aliphatic carbocycles. The van der Waals surface area contributed by atoms with Crippen LogP contribution in [0.25, 0.3) is 26.4 Å². The molecule has 2 nitrogen and oxygen atoms in total. The first-order chi connectivity index (χ1) is 9.42. The zero-order valence-corrected chi connectivity index (χ0v) is 11.0. The molecule has 0 unspecified atom stereocenters. The number of nitrogens with zero attached hydrogens (tertiary/aromatic N) is 2. The lowest BCUT2D eigenvalue weighted by Gasteiger charge is -1.93. The molecule has 3 heteroatoms. The molecule has 1 aliphatic heterocycles. The molecule has 19 heavy (non-hydrogen) atoms. The molecule has 1 aliphatic rings. The third-order valence-electron chi connectivity index (χ3n) is 3.89. The molecule has 0 spiro atoms. The number of imidazole rings is 1. The van der Waals surface area contributed by atoms with E-state index in [2.05, 4.69) is 63.7 Å². The predicted molar refractivity (Wildman–Crippen MR) is 77.5 cm³/mol. The second-order valence-corrected chi connectivity index (χ2v) is 6.04. The van der Waals surface area contributed by atoms with Gasteiger partial charge in [0.2, 0.25) is 4.83 Å². The van der Waals surface area contributed by atoms with Gasteiger partial charge in [0, 0.05) is 5.56 Å². The van der Waals surface area contributed by atoms with Crippen molar-refractivity contribution in [2.75, 3.05) is 0 Å². The maximum Gasteiger partial charge on any atom is 0.296 e. The van der Waals surface area contributed by atoms with Gasteiger partial charge in [-0.15, -0.1) is 0 Å². The molecule has 0 saturated carbocycles. The standard InChI is InChI=1S/C16H11N2S/c1-2-6-12-11(5-1)9-17-10-15-18(16(12)17)13-7-3-4-8-14(13)19-15/h1-8,10H,9H2/q+1. The summed E-state index contributed by atoms with van der Waals surface area (Å²) in [5, 5.41) is 0. The highest BCUT2D eigenvalue weighted by Gasteiger charge is 2.31. The third-order valence-corrected chi connectivity index (χ3v) is 4.95. The highest BCUT2D eigenvalue weighted by Crippen LogP contribution is 2.34. The quantitative estimate of drug-likeness (QED) is 0.378. The fourth-order valence-electron chi connectivity index (χ4n) is 3.09.